The molecule has 1 saturated heterocycles. The molecule has 2 aromatic rings. The molecular weight excluding hydrogens is 539 g/mol. The van der Waals surface area contributed by atoms with E-state index in [4.69, 9.17) is 51.3 Å². The molecule has 1 heterocycles. The second kappa shape index (κ2) is 10.4. The van der Waals surface area contributed by atoms with E-state index in [1.54, 1.807) is 30.3 Å². The van der Waals surface area contributed by atoms with Crippen LogP contribution in [0.4, 0.5) is 5.69 Å². The number of carbonyl (C=O) groups excluding carboxylic acids is 2. The molecule has 0 bridgehead atoms. The highest BCUT2D eigenvalue weighted by molar-refractivity contribution is 9.10. The van der Waals surface area contributed by atoms with Crippen LogP contribution >= 0.6 is 51.3 Å². The van der Waals surface area contributed by atoms with Crippen molar-refractivity contribution in [3.63, 3.8) is 0 Å². The van der Waals surface area contributed by atoms with Gasteiger partial charge in [-0.15, -0.1) is 6.42 Å². The number of amides is 2. The number of halogens is 3. The number of benzene rings is 2. The lowest BCUT2D eigenvalue weighted by atomic mass is 10.1. The molecule has 10 heteroatoms. The van der Waals surface area contributed by atoms with Crippen molar-refractivity contribution in [2.24, 2.45) is 0 Å². The number of terminal acetylenes is 1. The number of rotatable bonds is 6. The van der Waals surface area contributed by atoms with Crippen molar-refractivity contribution in [2.75, 3.05) is 18.1 Å². The van der Waals surface area contributed by atoms with Gasteiger partial charge in [-0.25, -0.2) is 0 Å². The summed E-state index contributed by atoms with van der Waals surface area (Å²) in [6.07, 6.45) is 6.69. The van der Waals surface area contributed by atoms with Crippen LogP contribution < -0.4 is 19.7 Å². The molecule has 1 N–H and O–H groups in total. The zero-order valence-corrected chi connectivity index (χ0v) is 20.5. The maximum atomic E-state index is 13.2. The molecule has 0 unspecified atom stereocenters. The lowest BCUT2D eigenvalue weighted by Gasteiger charge is -2.29. The summed E-state index contributed by atoms with van der Waals surface area (Å²) in [6.45, 7) is 2.23. The molecule has 1 fully saturated rings. The average Bonchev–Trinajstić information content (AvgIpc) is 2.73. The third kappa shape index (κ3) is 4.92. The van der Waals surface area contributed by atoms with Crippen LogP contribution in [-0.2, 0) is 9.59 Å². The Kier molecular flexibility index (Phi) is 7.80. The molecule has 0 aliphatic carbocycles. The number of nitrogens with one attached hydrogen (secondary N) is 1. The van der Waals surface area contributed by atoms with Gasteiger partial charge in [0.15, 0.2) is 16.6 Å². The first kappa shape index (κ1) is 24.1. The fourth-order valence-electron chi connectivity index (χ4n) is 2.90. The third-order valence-corrected chi connectivity index (χ3v) is 5.90. The van der Waals surface area contributed by atoms with Crippen LogP contribution in [0.25, 0.3) is 6.08 Å². The van der Waals surface area contributed by atoms with Crippen LogP contribution in [-0.4, -0.2) is 30.1 Å². The number of carbonyl (C=O) groups is 2. The smallest absolute Gasteiger partial charge is 0.270 e. The zero-order chi connectivity index (χ0) is 23.4. The third-order valence-electron chi connectivity index (χ3n) is 4.22. The van der Waals surface area contributed by atoms with Crippen LogP contribution in [0.15, 0.2) is 40.4 Å². The van der Waals surface area contributed by atoms with Gasteiger partial charge < -0.3 is 9.47 Å². The standard InChI is InChI=1S/C22H15BrCl2N2O4S/c1-3-8-31-19-14(23)10-12(11-17(19)30-4-2)9-13-20(28)26-22(32)27(21(13)29)16-7-5-6-15(24)18(16)25/h1,5-7,9-11H,4,8H2,2H3,(H,26,28,32)/b13-9+. The molecule has 0 atom stereocenters. The van der Waals surface area contributed by atoms with Crippen LogP contribution in [0.3, 0.4) is 0 Å². The van der Waals surface area contributed by atoms with Crippen molar-refractivity contribution in [3.8, 4) is 23.8 Å². The summed E-state index contributed by atoms with van der Waals surface area (Å²) in [6, 6.07) is 8.09. The minimum Gasteiger partial charge on any atom is -0.490 e. The Morgan fingerprint density at radius 2 is 2.03 bits per heavy atom. The first-order chi connectivity index (χ1) is 15.3. The van der Waals surface area contributed by atoms with Gasteiger partial charge in [0.2, 0.25) is 0 Å². The number of hydrogen-bond donors (Lipinski definition) is 1. The highest BCUT2D eigenvalue weighted by atomic mass is 79.9. The summed E-state index contributed by atoms with van der Waals surface area (Å²) in [5.74, 6) is 1.92. The highest BCUT2D eigenvalue weighted by Crippen LogP contribution is 2.38. The number of thiocarbonyl (C=S) groups is 1. The number of ether oxygens (including phenoxy) is 2. The van der Waals surface area contributed by atoms with E-state index in [2.05, 4.69) is 27.2 Å². The van der Waals surface area contributed by atoms with E-state index in [0.717, 1.165) is 4.90 Å². The van der Waals surface area contributed by atoms with Gasteiger partial charge in [-0.3, -0.25) is 19.8 Å². The summed E-state index contributed by atoms with van der Waals surface area (Å²) < 4.78 is 11.7. The van der Waals surface area contributed by atoms with Crippen molar-refractivity contribution in [2.45, 2.75) is 6.92 Å². The number of nitrogens with zero attached hydrogens (tertiary/aromatic N) is 1. The van der Waals surface area contributed by atoms with Crippen molar-refractivity contribution in [1.82, 2.24) is 5.32 Å². The van der Waals surface area contributed by atoms with Crippen LogP contribution in [0.2, 0.25) is 10.0 Å². The van der Waals surface area contributed by atoms with E-state index in [1.807, 2.05) is 6.92 Å². The fraction of sp³-hybridized carbons (Fsp3) is 0.136. The molecule has 32 heavy (non-hydrogen) atoms. The predicted octanol–water partition coefficient (Wildman–Crippen LogP) is 5.00. The minimum atomic E-state index is -0.648. The molecule has 2 amide bonds. The summed E-state index contributed by atoms with van der Waals surface area (Å²) in [7, 11) is 0. The second-order valence-corrected chi connectivity index (χ2v) is 8.31. The summed E-state index contributed by atoms with van der Waals surface area (Å²) in [5, 5.41) is 2.79. The average molecular weight is 554 g/mol. The monoisotopic (exact) mass is 552 g/mol. The molecule has 1 aliphatic rings. The van der Waals surface area contributed by atoms with Gasteiger partial charge in [-0.1, -0.05) is 35.2 Å². The first-order valence-corrected chi connectivity index (χ1v) is 11.1. The molecule has 6 nitrogen and oxygen atoms in total. The molecule has 0 aromatic heterocycles. The van der Waals surface area contributed by atoms with E-state index in [0.29, 0.717) is 28.1 Å². The van der Waals surface area contributed by atoms with Crippen molar-refractivity contribution >= 4 is 80.0 Å². The molecule has 3 rings (SSSR count). The Morgan fingerprint density at radius 3 is 2.72 bits per heavy atom. The number of anilines is 1. The summed E-state index contributed by atoms with van der Waals surface area (Å²) in [4.78, 5) is 26.9. The molecular formula is C22H15BrCl2N2O4S. The van der Waals surface area contributed by atoms with E-state index >= 15 is 0 Å². The molecule has 0 spiro atoms. The van der Waals surface area contributed by atoms with Gasteiger partial charge in [0, 0.05) is 0 Å². The number of hydrogen-bond acceptors (Lipinski definition) is 5. The van der Waals surface area contributed by atoms with Gasteiger partial charge in [0.05, 0.1) is 26.8 Å². The van der Waals surface area contributed by atoms with Gasteiger partial charge in [-0.2, -0.15) is 0 Å². The van der Waals surface area contributed by atoms with E-state index < -0.39 is 11.8 Å². The quantitative estimate of drug-likeness (QED) is 0.236. The second-order valence-electron chi connectivity index (χ2n) is 6.29. The van der Waals surface area contributed by atoms with Gasteiger partial charge in [0.25, 0.3) is 11.8 Å². The van der Waals surface area contributed by atoms with E-state index in [-0.39, 0.29) is 33.0 Å². The molecule has 164 valence electrons. The highest BCUT2D eigenvalue weighted by Gasteiger charge is 2.35. The SMILES string of the molecule is C#CCOc1c(Br)cc(/C=C2\C(=O)NC(=S)N(c3cccc(Cl)c3Cl)C2=O)cc1OCC. The van der Waals surface area contributed by atoms with E-state index in [9.17, 15) is 9.59 Å². The van der Waals surface area contributed by atoms with Gasteiger partial charge >= 0.3 is 0 Å². The lowest BCUT2D eigenvalue weighted by molar-refractivity contribution is -0.122. The van der Waals surface area contributed by atoms with Crippen LogP contribution in [0, 0.1) is 12.3 Å². The Balaban J connectivity index is 2.06. The maximum Gasteiger partial charge on any atom is 0.270 e. The van der Waals surface area contributed by atoms with Crippen molar-refractivity contribution < 1.29 is 19.1 Å². The Labute approximate surface area is 208 Å². The van der Waals surface area contributed by atoms with E-state index in [1.165, 1.54) is 6.08 Å². The summed E-state index contributed by atoms with van der Waals surface area (Å²) in [5.41, 5.74) is 0.618. The molecule has 2 aromatic carbocycles. The Bertz CT molecular complexity index is 1190. The maximum absolute atomic E-state index is 13.2. The first-order valence-electron chi connectivity index (χ1n) is 9.16. The summed E-state index contributed by atoms with van der Waals surface area (Å²) >= 11 is 21.0. The Morgan fingerprint density at radius 1 is 1.28 bits per heavy atom. The minimum absolute atomic E-state index is 0.0484. The van der Waals surface area contributed by atoms with Crippen molar-refractivity contribution in [3.05, 3.63) is 56.0 Å². The predicted molar refractivity (Wildman–Crippen MR) is 132 cm³/mol. The lowest BCUT2D eigenvalue weighted by Crippen LogP contribution is -2.54. The molecule has 1 aliphatic heterocycles. The zero-order valence-electron chi connectivity index (χ0n) is 16.6. The normalized spacial score (nSPS) is 14.9. The van der Waals surface area contributed by atoms with Gasteiger partial charge in [-0.05, 0) is 71.0 Å². The topological polar surface area (TPSA) is 67.9 Å². The molecule has 0 saturated carbocycles. The largest absolute Gasteiger partial charge is 0.490 e. The van der Waals surface area contributed by atoms with Crippen LogP contribution in [0.1, 0.15) is 12.5 Å². The molecule has 0 radical (unpaired) electrons. The van der Waals surface area contributed by atoms with Crippen molar-refractivity contribution in [1.29, 1.82) is 0 Å². The van der Waals surface area contributed by atoms with Gasteiger partial charge in [0.1, 0.15) is 12.2 Å². The fourth-order valence-corrected chi connectivity index (χ4v) is 4.12. The Hall–Kier alpha value is -2.57. The van der Waals surface area contributed by atoms with Crippen LogP contribution in [0.5, 0.6) is 11.5 Å².